The van der Waals surface area contributed by atoms with Crippen molar-refractivity contribution in [3.8, 4) is 0 Å². The van der Waals surface area contributed by atoms with Gasteiger partial charge in [0.15, 0.2) is 0 Å². The summed E-state index contributed by atoms with van der Waals surface area (Å²) in [7, 11) is 1.65. The van der Waals surface area contributed by atoms with E-state index >= 15 is 0 Å². The van der Waals surface area contributed by atoms with Gasteiger partial charge in [-0.3, -0.25) is 4.79 Å². The van der Waals surface area contributed by atoms with Crippen molar-refractivity contribution >= 4 is 17.2 Å². The molecule has 72 valence electrons. The highest BCUT2D eigenvalue weighted by atomic mass is 32.1. The summed E-state index contributed by atoms with van der Waals surface area (Å²) in [4.78, 5) is 16.5. The van der Waals surface area contributed by atoms with Crippen molar-refractivity contribution in [1.29, 1.82) is 0 Å². The molecule has 0 aliphatic rings. The second kappa shape index (κ2) is 4.37. The molecule has 0 saturated carbocycles. The average Bonchev–Trinajstić information content (AvgIpc) is 2.47. The Bertz CT molecular complexity index is 307. The lowest BCUT2D eigenvalue weighted by Crippen LogP contribution is -2.19. The highest BCUT2D eigenvalue weighted by molar-refractivity contribution is 7.11. The number of carbonyl (C=O) groups is 1. The maximum Gasteiger partial charge on any atom is 0.225 e. The number of nitrogens with zero attached hydrogens (tertiary/aromatic N) is 1. The Morgan fingerprint density at radius 1 is 1.62 bits per heavy atom. The van der Waals surface area contributed by atoms with Crippen LogP contribution >= 0.6 is 11.3 Å². The predicted octanol–water partition coefficient (Wildman–Crippen LogP) is 1.30. The summed E-state index contributed by atoms with van der Waals surface area (Å²) in [6.45, 7) is 4.02. The Balaban J connectivity index is 2.76. The number of aromatic nitrogens is 1. The molecule has 1 rings (SSSR count). The van der Waals surface area contributed by atoms with Gasteiger partial charge in [-0.2, -0.15) is 0 Å². The Hall–Kier alpha value is -0.900. The first-order valence-electron chi connectivity index (χ1n) is 4.33. The van der Waals surface area contributed by atoms with E-state index in [1.807, 2.05) is 6.92 Å². The molecule has 0 aromatic carbocycles. The van der Waals surface area contributed by atoms with Gasteiger partial charge in [-0.1, -0.05) is 6.92 Å². The van der Waals surface area contributed by atoms with Gasteiger partial charge in [0.2, 0.25) is 5.91 Å². The van der Waals surface area contributed by atoms with E-state index in [1.165, 1.54) is 0 Å². The molecule has 13 heavy (non-hydrogen) atoms. The largest absolute Gasteiger partial charge is 0.359 e. The summed E-state index contributed by atoms with van der Waals surface area (Å²) in [6, 6.07) is 0. The Morgan fingerprint density at radius 3 is 2.77 bits per heavy atom. The van der Waals surface area contributed by atoms with E-state index < -0.39 is 0 Å². The third kappa shape index (κ3) is 2.52. The van der Waals surface area contributed by atoms with E-state index in [2.05, 4.69) is 17.2 Å². The molecule has 1 N–H and O–H groups in total. The fourth-order valence-electron chi connectivity index (χ4n) is 1.04. The third-order valence-corrected chi connectivity index (χ3v) is 3.14. The molecule has 0 bridgehead atoms. The molecule has 0 spiro atoms. The highest BCUT2D eigenvalue weighted by Crippen LogP contribution is 2.18. The molecule has 1 aromatic rings. The van der Waals surface area contributed by atoms with Crippen LogP contribution in [0.2, 0.25) is 0 Å². The lowest BCUT2D eigenvalue weighted by Gasteiger charge is -1.96. The SMILES string of the molecule is CCc1nc(C)c(CC(=O)NC)s1. The zero-order valence-electron chi connectivity index (χ0n) is 8.18. The van der Waals surface area contributed by atoms with Crippen LogP contribution in [0.25, 0.3) is 0 Å². The molecule has 4 heteroatoms. The minimum absolute atomic E-state index is 0.0504. The van der Waals surface area contributed by atoms with Crippen LogP contribution in [-0.2, 0) is 17.6 Å². The van der Waals surface area contributed by atoms with Crippen molar-refractivity contribution in [2.75, 3.05) is 7.05 Å². The monoisotopic (exact) mass is 198 g/mol. The number of carbonyl (C=O) groups excluding carboxylic acids is 1. The molecular formula is C9H14N2OS. The molecular weight excluding hydrogens is 184 g/mol. The molecule has 0 radical (unpaired) electrons. The van der Waals surface area contributed by atoms with Gasteiger partial charge < -0.3 is 5.32 Å². The normalized spacial score (nSPS) is 10.1. The van der Waals surface area contributed by atoms with Crippen molar-refractivity contribution in [2.24, 2.45) is 0 Å². The van der Waals surface area contributed by atoms with Gasteiger partial charge in [0.05, 0.1) is 17.1 Å². The summed E-state index contributed by atoms with van der Waals surface area (Å²) in [6.07, 6.45) is 1.40. The van der Waals surface area contributed by atoms with E-state index in [9.17, 15) is 4.79 Å². The Kier molecular flexibility index (Phi) is 3.42. The van der Waals surface area contributed by atoms with E-state index in [1.54, 1.807) is 18.4 Å². The molecule has 1 aromatic heterocycles. The Labute approximate surface area is 82.2 Å². The second-order valence-corrected chi connectivity index (χ2v) is 3.99. The molecule has 0 fully saturated rings. The summed E-state index contributed by atoms with van der Waals surface area (Å²) < 4.78 is 0. The van der Waals surface area contributed by atoms with E-state index in [4.69, 9.17) is 0 Å². The molecule has 0 unspecified atom stereocenters. The summed E-state index contributed by atoms with van der Waals surface area (Å²) >= 11 is 1.63. The highest BCUT2D eigenvalue weighted by Gasteiger charge is 2.09. The molecule has 3 nitrogen and oxygen atoms in total. The van der Waals surface area contributed by atoms with Gasteiger partial charge in [0.1, 0.15) is 0 Å². The average molecular weight is 198 g/mol. The molecule has 0 atom stereocenters. The van der Waals surface area contributed by atoms with Crippen LogP contribution in [-0.4, -0.2) is 17.9 Å². The molecule has 1 heterocycles. The lowest BCUT2D eigenvalue weighted by atomic mass is 10.3. The van der Waals surface area contributed by atoms with E-state index in [-0.39, 0.29) is 5.91 Å². The maximum atomic E-state index is 11.1. The van der Waals surface area contributed by atoms with Crippen LogP contribution < -0.4 is 5.32 Å². The van der Waals surface area contributed by atoms with Crippen LogP contribution in [0.5, 0.6) is 0 Å². The van der Waals surface area contributed by atoms with Crippen molar-refractivity contribution in [2.45, 2.75) is 26.7 Å². The minimum atomic E-state index is 0.0504. The topological polar surface area (TPSA) is 42.0 Å². The van der Waals surface area contributed by atoms with Gasteiger partial charge in [-0.05, 0) is 13.3 Å². The Morgan fingerprint density at radius 2 is 2.31 bits per heavy atom. The molecule has 0 saturated heterocycles. The lowest BCUT2D eigenvalue weighted by molar-refractivity contribution is -0.119. The fourth-order valence-corrected chi connectivity index (χ4v) is 2.05. The van der Waals surface area contributed by atoms with E-state index in [0.717, 1.165) is 22.0 Å². The van der Waals surface area contributed by atoms with Crippen LogP contribution in [0.15, 0.2) is 0 Å². The van der Waals surface area contributed by atoms with Crippen LogP contribution in [0.3, 0.4) is 0 Å². The van der Waals surface area contributed by atoms with Gasteiger partial charge in [-0.15, -0.1) is 11.3 Å². The van der Waals surface area contributed by atoms with Crippen molar-refractivity contribution in [3.63, 3.8) is 0 Å². The quantitative estimate of drug-likeness (QED) is 0.795. The summed E-state index contributed by atoms with van der Waals surface area (Å²) in [5.41, 5.74) is 0.991. The van der Waals surface area contributed by atoms with Gasteiger partial charge in [-0.25, -0.2) is 4.98 Å². The second-order valence-electron chi connectivity index (χ2n) is 2.82. The third-order valence-electron chi connectivity index (χ3n) is 1.84. The number of aryl methyl sites for hydroxylation is 2. The first-order valence-corrected chi connectivity index (χ1v) is 5.14. The van der Waals surface area contributed by atoms with E-state index in [0.29, 0.717) is 6.42 Å². The van der Waals surface area contributed by atoms with Crippen LogP contribution in [0.1, 0.15) is 22.5 Å². The number of nitrogens with one attached hydrogen (secondary N) is 1. The summed E-state index contributed by atoms with van der Waals surface area (Å²) in [5.74, 6) is 0.0504. The number of hydrogen-bond acceptors (Lipinski definition) is 3. The van der Waals surface area contributed by atoms with Crippen molar-refractivity contribution in [3.05, 3.63) is 15.6 Å². The minimum Gasteiger partial charge on any atom is -0.359 e. The number of hydrogen-bond donors (Lipinski definition) is 1. The smallest absolute Gasteiger partial charge is 0.225 e. The first kappa shape index (κ1) is 10.2. The fraction of sp³-hybridized carbons (Fsp3) is 0.556. The molecule has 1 amide bonds. The van der Waals surface area contributed by atoms with Crippen molar-refractivity contribution < 1.29 is 4.79 Å². The maximum absolute atomic E-state index is 11.1. The molecule has 0 aliphatic carbocycles. The molecule has 0 aliphatic heterocycles. The van der Waals surface area contributed by atoms with Crippen LogP contribution in [0, 0.1) is 6.92 Å². The summed E-state index contributed by atoms with van der Waals surface area (Å²) in [5, 5.41) is 3.72. The number of likely N-dealkylation sites (N-methyl/N-ethyl adjacent to an activating group) is 1. The zero-order chi connectivity index (χ0) is 9.84. The van der Waals surface area contributed by atoms with Gasteiger partial charge in [0, 0.05) is 11.9 Å². The standard InChI is InChI=1S/C9H14N2OS/c1-4-9-11-6(2)7(13-9)5-8(12)10-3/h4-5H2,1-3H3,(H,10,12). The van der Waals surface area contributed by atoms with Crippen molar-refractivity contribution in [1.82, 2.24) is 10.3 Å². The van der Waals surface area contributed by atoms with Gasteiger partial charge >= 0.3 is 0 Å². The number of amides is 1. The number of rotatable bonds is 3. The van der Waals surface area contributed by atoms with Crippen LogP contribution in [0.4, 0.5) is 0 Å². The first-order chi connectivity index (χ1) is 6.17. The zero-order valence-corrected chi connectivity index (χ0v) is 8.99. The number of thiazole rings is 1. The predicted molar refractivity (Wildman–Crippen MR) is 54.0 cm³/mol. The van der Waals surface area contributed by atoms with Gasteiger partial charge in [0.25, 0.3) is 0 Å².